The van der Waals surface area contributed by atoms with Gasteiger partial charge in [-0.1, -0.05) is 6.92 Å². The number of rotatable bonds is 2. The summed E-state index contributed by atoms with van der Waals surface area (Å²) in [5.41, 5.74) is 6.43. The molecule has 17 heavy (non-hydrogen) atoms. The monoisotopic (exact) mass is 236 g/mol. The van der Waals surface area contributed by atoms with E-state index in [1.807, 2.05) is 4.90 Å². The Balaban J connectivity index is 2.21. The smallest absolute Gasteiger partial charge is 0.272 e. The summed E-state index contributed by atoms with van der Waals surface area (Å²) in [5.74, 6) is 0.526. The topological polar surface area (TPSA) is 64.2 Å². The third-order valence-corrected chi connectivity index (χ3v) is 3.66. The van der Waals surface area contributed by atoms with Crippen molar-refractivity contribution >= 4 is 5.91 Å². The minimum atomic E-state index is 0.0481. The van der Waals surface area contributed by atoms with Crippen LogP contribution in [-0.4, -0.2) is 39.7 Å². The van der Waals surface area contributed by atoms with Crippen molar-refractivity contribution in [2.75, 3.05) is 13.1 Å². The summed E-state index contributed by atoms with van der Waals surface area (Å²) in [4.78, 5) is 14.3. The van der Waals surface area contributed by atoms with Crippen molar-refractivity contribution in [3.05, 3.63) is 18.0 Å². The summed E-state index contributed by atoms with van der Waals surface area (Å²) in [6.07, 6.45) is 3.86. The van der Waals surface area contributed by atoms with Crippen LogP contribution in [0, 0.1) is 5.92 Å². The first-order chi connectivity index (χ1) is 8.15. The summed E-state index contributed by atoms with van der Waals surface area (Å²) in [5, 5.41) is 4.04. The Morgan fingerprint density at radius 3 is 3.00 bits per heavy atom. The van der Waals surface area contributed by atoms with E-state index in [9.17, 15) is 4.79 Å². The van der Waals surface area contributed by atoms with Crippen LogP contribution in [0.25, 0.3) is 0 Å². The Labute approximate surface area is 102 Å². The molecule has 1 amide bonds. The van der Waals surface area contributed by atoms with E-state index in [1.54, 1.807) is 24.0 Å². The van der Waals surface area contributed by atoms with Crippen LogP contribution in [0.1, 0.15) is 30.3 Å². The molecule has 1 aliphatic heterocycles. The molecule has 5 heteroatoms. The second-order valence-electron chi connectivity index (χ2n) is 4.76. The maximum absolute atomic E-state index is 12.4. The Morgan fingerprint density at radius 2 is 2.41 bits per heavy atom. The van der Waals surface area contributed by atoms with Gasteiger partial charge in [-0.15, -0.1) is 0 Å². The molecule has 1 aliphatic rings. The number of carbonyl (C=O) groups excluding carboxylic acids is 1. The molecule has 0 saturated carbocycles. The standard InChI is InChI=1S/C12H20N4O/c1-9-4-3-7-16(11(9)8-13)12(17)10-5-6-14-15(10)2/h5-6,9,11H,3-4,7-8,13H2,1-2H3/t9-,11-/m1/s1. The Bertz CT molecular complexity index is 401. The van der Waals surface area contributed by atoms with Gasteiger partial charge in [-0.3, -0.25) is 9.48 Å². The van der Waals surface area contributed by atoms with Gasteiger partial charge < -0.3 is 10.6 Å². The average Bonchev–Trinajstić information content (AvgIpc) is 2.74. The van der Waals surface area contributed by atoms with Crippen LogP contribution in [0.5, 0.6) is 0 Å². The van der Waals surface area contributed by atoms with Crippen LogP contribution in [-0.2, 0) is 7.05 Å². The number of piperidine rings is 1. The Morgan fingerprint density at radius 1 is 1.65 bits per heavy atom. The molecule has 2 heterocycles. The fourth-order valence-electron chi connectivity index (χ4n) is 2.59. The van der Waals surface area contributed by atoms with Gasteiger partial charge in [0.15, 0.2) is 0 Å². The number of aromatic nitrogens is 2. The lowest BCUT2D eigenvalue weighted by Gasteiger charge is -2.39. The summed E-state index contributed by atoms with van der Waals surface area (Å²) >= 11 is 0. The van der Waals surface area contributed by atoms with Gasteiger partial charge in [-0.2, -0.15) is 5.10 Å². The molecule has 0 aromatic carbocycles. The number of nitrogens with two attached hydrogens (primary N) is 1. The third kappa shape index (κ3) is 2.20. The minimum absolute atomic E-state index is 0.0481. The highest BCUT2D eigenvalue weighted by Gasteiger charge is 2.32. The fourth-order valence-corrected chi connectivity index (χ4v) is 2.59. The van der Waals surface area contributed by atoms with Gasteiger partial charge in [-0.25, -0.2) is 0 Å². The first-order valence-corrected chi connectivity index (χ1v) is 6.14. The number of nitrogens with zero attached hydrogens (tertiary/aromatic N) is 3. The lowest BCUT2D eigenvalue weighted by atomic mass is 9.90. The van der Waals surface area contributed by atoms with Crippen LogP contribution < -0.4 is 5.73 Å². The van der Waals surface area contributed by atoms with Gasteiger partial charge in [0.25, 0.3) is 5.91 Å². The molecule has 0 bridgehead atoms. The molecule has 5 nitrogen and oxygen atoms in total. The third-order valence-electron chi connectivity index (χ3n) is 3.66. The van der Waals surface area contributed by atoms with Gasteiger partial charge >= 0.3 is 0 Å². The number of carbonyl (C=O) groups is 1. The molecule has 2 atom stereocenters. The van der Waals surface area contributed by atoms with E-state index in [4.69, 9.17) is 5.73 Å². The SMILES string of the molecule is C[C@@H]1CCCN(C(=O)c2ccnn2C)[C@@H]1CN. The maximum Gasteiger partial charge on any atom is 0.272 e. The van der Waals surface area contributed by atoms with Crippen molar-refractivity contribution in [2.24, 2.45) is 18.7 Å². The van der Waals surface area contributed by atoms with Crippen LogP contribution in [0.15, 0.2) is 12.3 Å². The van der Waals surface area contributed by atoms with Crippen molar-refractivity contribution in [2.45, 2.75) is 25.8 Å². The maximum atomic E-state index is 12.4. The molecular formula is C12H20N4O. The zero-order valence-corrected chi connectivity index (χ0v) is 10.5. The van der Waals surface area contributed by atoms with Gasteiger partial charge in [0.2, 0.25) is 0 Å². The molecule has 0 aliphatic carbocycles. The molecule has 0 unspecified atom stereocenters. The largest absolute Gasteiger partial charge is 0.333 e. The lowest BCUT2D eigenvalue weighted by molar-refractivity contribution is 0.0521. The molecule has 1 aromatic rings. The number of hydrogen-bond donors (Lipinski definition) is 1. The summed E-state index contributed by atoms with van der Waals surface area (Å²) in [6, 6.07) is 1.92. The van der Waals surface area contributed by atoms with Crippen molar-refractivity contribution in [3.8, 4) is 0 Å². The molecule has 1 saturated heterocycles. The molecule has 0 spiro atoms. The summed E-state index contributed by atoms with van der Waals surface area (Å²) in [6.45, 7) is 3.50. The zero-order valence-electron chi connectivity index (χ0n) is 10.5. The fraction of sp³-hybridized carbons (Fsp3) is 0.667. The predicted molar refractivity (Wildman–Crippen MR) is 65.5 cm³/mol. The lowest BCUT2D eigenvalue weighted by Crippen LogP contribution is -2.51. The number of hydrogen-bond acceptors (Lipinski definition) is 3. The van der Waals surface area contributed by atoms with Crippen LogP contribution in [0.3, 0.4) is 0 Å². The first kappa shape index (κ1) is 12.1. The molecule has 2 N–H and O–H groups in total. The van der Waals surface area contributed by atoms with Crippen LogP contribution >= 0.6 is 0 Å². The van der Waals surface area contributed by atoms with E-state index >= 15 is 0 Å². The molecular weight excluding hydrogens is 216 g/mol. The quantitative estimate of drug-likeness (QED) is 0.818. The van der Waals surface area contributed by atoms with E-state index in [1.165, 1.54) is 0 Å². The predicted octanol–water partition coefficient (Wildman–Crippen LogP) is 0.620. The van der Waals surface area contributed by atoms with Crippen molar-refractivity contribution in [3.63, 3.8) is 0 Å². The van der Waals surface area contributed by atoms with E-state index in [0.29, 0.717) is 18.2 Å². The van der Waals surface area contributed by atoms with Gasteiger partial charge in [0.1, 0.15) is 5.69 Å². The summed E-state index contributed by atoms with van der Waals surface area (Å²) in [7, 11) is 1.79. The van der Waals surface area contributed by atoms with E-state index in [0.717, 1.165) is 19.4 Å². The molecule has 94 valence electrons. The van der Waals surface area contributed by atoms with Crippen LogP contribution in [0.2, 0.25) is 0 Å². The van der Waals surface area contributed by atoms with Crippen molar-refractivity contribution in [1.29, 1.82) is 0 Å². The normalized spacial score (nSPS) is 25.0. The van der Waals surface area contributed by atoms with Gasteiger partial charge in [0, 0.05) is 32.4 Å². The van der Waals surface area contributed by atoms with E-state index < -0.39 is 0 Å². The highest BCUT2D eigenvalue weighted by molar-refractivity contribution is 5.92. The molecule has 1 fully saturated rings. The first-order valence-electron chi connectivity index (χ1n) is 6.14. The van der Waals surface area contributed by atoms with Gasteiger partial charge in [0.05, 0.1) is 0 Å². The Kier molecular flexibility index (Phi) is 3.47. The van der Waals surface area contributed by atoms with Crippen LogP contribution in [0.4, 0.5) is 0 Å². The van der Waals surface area contributed by atoms with Crippen molar-refractivity contribution in [1.82, 2.24) is 14.7 Å². The summed E-state index contributed by atoms with van der Waals surface area (Å²) < 4.78 is 1.62. The highest BCUT2D eigenvalue weighted by atomic mass is 16.2. The number of amides is 1. The number of likely N-dealkylation sites (tertiary alicyclic amines) is 1. The molecule has 0 radical (unpaired) electrons. The molecule has 1 aromatic heterocycles. The second-order valence-corrected chi connectivity index (χ2v) is 4.76. The minimum Gasteiger partial charge on any atom is -0.333 e. The zero-order chi connectivity index (χ0) is 12.4. The second kappa shape index (κ2) is 4.87. The highest BCUT2D eigenvalue weighted by Crippen LogP contribution is 2.24. The van der Waals surface area contributed by atoms with E-state index in [2.05, 4.69) is 12.0 Å². The Hall–Kier alpha value is -1.36. The van der Waals surface area contributed by atoms with Crippen molar-refractivity contribution < 1.29 is 4.79 Å². The van der Waals surface area contributed by atoms with E-state index in [-0.39, 0.29) is 11.9 Å². The average molecular weight is 236 g/mol. The number of aryl methyl sites for hydroxylation is 1. The van der Waals surface area contributed by atoms with Gasteiger partial charge in [-0.05, 0) is 24.8 Å². The molecule has 2 rings (SSSR count).